The van der Waals surface area contributed by atoms with Crippen molar-refractivity contribution in [1.82, 2.24) is 4.90 Å². The summed E-state index contributed by atoms with van der Waals surface area (Å²) in [4.78, 5) is 3.35. The third-order valence-electron chi connectivity index (χ3n) is 4.01. The van der Waals surface area contributed by atoms with Crippen LogP contribution in [-0.2, 0) is 0 Å². The Kier molecular flexibility index (Phi) is 3.55. The zero-order chi connectivity index (χ0) is 11.8. The molecule has 0 radical (unpaired) electrons. The van der Waals surface area contributed by atoms with Gasteiger partial charge in [-0.3, -0.25) is 0 Å². The molecular weight excluding hydrogens is 216 g/mol. The van der Waals surface area contributed by atoms with Crippen molar-refractivity contribution in [3.63, 3.8) is 0 Å². The van der Waals surface area contributed by atoms with Gasteiger partial charge in [-0.25, -0.2) is 0 Å². The Labute approximate surface area is 105 Å². The fourth-order valence-electron chi connectivity index (χ4n) is 3.33. The van der Waals surface area contributed by atoms with Gasteiger partial charge in [0.05, 0.1) is 4.99 Å². The molecule has 0 aromatic carbocycles. The first kappa shape index (κ1) is 12.3. The van der Waals surface area contributed by atoms with Crippen LogP contribution in [0.2, 0.25) is 0 Å². The van der Waals surface area contributed by atoms with E-state index in [1.807, 2.05) is 0 Å². The van der Waals surface area contributed by atoms with Crippen molar-refractivity contribution < 1.29 is 0 Å². The van der Waals surface area contributed by atoms with Crippen LogP contribution in [0.5, 0.6) is 0 Å². The van der Waals surface area contributed by atoms with Gasteiger partial charge in [-0.05, 0) is 36.5 Å². The van der Waals surface area contributed by atoms with Gasteiger partial charge in [0.1, 0.15) is 0 Å². The van der Waals surface area contributed by atoms with E-state index >= 15 is 0 Å². The SMILES string of the molecule is CC1CC(C)CN(CC2(CC(N)=S)CC2)C1. The molecule has 16 heavy (non-hydrogen) atoms. The van der Waals surface area contributed by atoms with Crippen molar-refractivity contribution in [3.8, 4) is 0 Å². The van der Waals surface area contributed by atoms with Crippen LogP contribution in [-0.4, -0.2) is 29.5 Å². The number of hydrogen-bond acceptors (Lipinski definition) is 2. The summed E-state index contributed by atoms with van der Waals surface area (Å²) in [6, 6.07) is 0. The fraction of sp³-hybridized carbons (Fsp3) is 0.923. The second-order valence-corrected chi connectivity index (χ2v) is 6.81. The highest BCUT2D eigenvalue weighted by atomic mass is 32.1. The molecule has 2 fully saturated rings. The average molecular weight is 240 g/mol. The molecule has 2 nitrogen and oxygen atoms in total. The Morgan fingerprint density at radius 1 is 1.31 bits per heavy atom. The molecule has 1 saturated carbocycles. The van der Waals surface area contributed by atoms with Crippen LogP contribution in [0.25, 0.3) is 0 Å². The van der Waals surface area contributed by atoms with Gasteiger partial charge in [-0.2, -0.15) is 0 Å². The second kappa shape index (κ2) is 4.61. The summed E-state index contributed by atoms with van der Waals surface area (Å²) in [7, 11) is 0. The zero-order valence-corrected chi connectivity index (χ0v) is 11.4. The lowest BCUT2D eigenvalue weighted by atomic mass is 9.90. The smallest absolute Gasteiger partial charge is 0.0733 e. The van der Waals surface area contributed by atoms with E-state index in [2.05, 4.69) is 18.7 Å². The van der Waals surface area contributed by atoms with E-state index in [1.54, 1.807) is 0 Å². The van der Waals surface area contributed by atoms with E-state index in [-0.39, 0.29) is 0 Å². The molecule has 2 atom stereocenters. The number of nitrogens with two attached hydrogens (primary N) is 1. The van der Waals surface area contributed by atoms with E-state index in [1.165, 1.54) is 38.9 Å². The predicted octanol–water partition coefficient (Wildman–Crippen LogP) is 2.42. The Morgan fingerprint density at radius 3 is 2.31 bits per heavy atom. The summed E-state index contributed by atoms with van der Waals surface area (Å²) >= 11 is 5.06. The van der Waals surface area contributed by atoms with Crippen LogP contribution >= 0.6 is 12.2 Å². The lowest BCUT2D eigenvalue weighted by molar-refractivity contribution is 0.117. The van der Waals surface area contributed by atoms with Gasteiger partial charge in [0, 0.05) is 26.1 Å². The van der Waals surface area contributed by atoms with Crippen LogP contribution in [0.4, 0.5) is 0 Å². The topological polar surface area (TPSA) is 29.3 Å². The zero-order valence-electron chi connectivity index (χ0n) is 10.5. The van der Waals surface area contributed by atoms with E-state index < -0.39 is 0 Å². The van der Waals surface area contributed by atoms with Gasteiger partial charge in [0.25, 0.3) is 0 Å². The van der Waals surface area contributed by atoms with Crippen molar-refractivity contribution in [2.75, 3.05) is 19.6 Å². The number of thiocarbonyl (C=S) groups is 1. The van der Waals surface area contributed by atoms with Gasteiger partial charge in [0.15, 0.2) is 0 Å². The monoisotopic (exact) mass is 240 g/mol. The third kappa shape index (κ3) is 3.17. The summed E-state index contributed by atoms with van der Waals surface area (Å²) in [5, 5.41) is 0. The third-order valence-corrected chi connectivity index (χ3v) is 4.15. The second-order valence-electron chi connectivity index (χ2n) is 6.28. The summed E-state index contributed by atoms with van der Waals surface area (Å²) in [6.07, 6.45) is 4.99. The van der Waals surface area contributed by atoms with E-state index in [0.29, 0.717) is 10.4 Å². The molecule has 1 saturated heterocycles. The molecule has 1 aliphatic carbocycles. The standard InChI is InChI=1S/C13H24N2S/c1-10-5-11(2)8-15(7-10)9-13(3-4-13)6-12(14)16/h10-11H,3-9H2,1-2H3,(H2,14,16). The Balaban J connectivity index is 1.87. The first-order valence-electron chi connectivity index (χ1n) is 6.50. The van der Waals surface area contributed by atoms with Crippen LogP contribution < -0.4 is 5.73 Å². The Morgan fingerprint density at radius 2 is 1.88 bits per heavy atom. The first-order chi connectivity index (χ1) is 7.49. The molecule has 0 aromatic heterocycles. The normalized spacial score (nSPS) is 33.6. The van der Waals surface area contributed by atoms with Gasteiger partial charge in [-0.1, -0.05) is 26.1 Å². The van der Waals surface area contributed by atoms with Crippen molar-refractivity contribution in [2.24, 2.45) is 23.0 Å². The minimum Gasteiger partial charge on any atom is -0.393 e. The molecular formula is C13H24N2S. The summed E-state index contributed by atoms with van der Waals surface area (Å²) < 4.78 is 0. The highest BCUT2D eigenvalue weighted by Gasteiger charge is 2.44. The van der Waals surface area contributed by atoms with E-state index in [9.17, 15) is 0 Å². The molecule has 2 rings (SSSR count). The van der Waals surface area contributed by atoms with Crippen molar-refractivity contribution >= 4 is 17.2 Å². The van der Waals surface area contributed by atoms with E-state index in [4.69, 9.17) is 18.0 Å². The van der Waals surface area contributed by atoms with Crippen molar-refractivity contribution in [2.45, 2.75) is 39.5 Å². The minimum atomic E-state index is 0.461. The number of rotatable bonds is 4. The van der Waals surface area contributed by atoms with Crippen LogP contribution in [0, 0.1) is 17.3 Å². The average Bonchev–Trinajstić information content (AvgIpc) is 2.80. The Hall–Kier alpha value is -0.150. The lowest BCUT2D eigenvalue weighted by Gasteiger charge is -2.37. The molecule has 0 amide bonds. The molecule has 0 bridgehead atoms. The molecule has 3 heteroatoms. The summed E-state index contributed by atoms with van der Waals surface area (Å²) in [6.45, 7) is 8.50. The number of hydrogen-bond donors (Lipinski definition) is 1. The minimum absolute atomic E-state index is 0.461. The van der Waals surface area contributed by atoms with Crippen molar-refractivity contribution in [1.29, 1.82) is 0 Å². The molecule has 1 aliphatic heterocycles. The van der Waals surface area contributed by atoms with Crippen LogP contribution in [0.3, 0.4) is 0 Å². The van der Waals surface area contributed by atoms with Crippen LogP contribution in [0.1, 0.15) is 39.5 Å². The fourth-order valence-corrected chi connectivity index (χ4v) is 3.64. The lowest BCUT2D eigenvalue weighted by Crippen LogP contribution is -2.42. The molecule has 92 valence electrons. The maximum Gasteiger partial charge on any atom is 0.0733 e. The maximum atomic E-state index is 5.69. The molecule has 1 heterocycles. The quantitative estimate of drug-likeness (QED) is 0.765. The highest BCUT2D eigenvalue weighted by molar-refractivity contribution is 7.80. The molecule has 0 spiro atoms. The molecule has 0 aromatic rings. The van der Waals surface area contributed by atoms with Crippen LogP contribution in [0.15, 0.2) is 0 Å². The van der Waals surface area contributed by atoms with E-state index in [0.717, 1.165) is 18.3 Å². The van der Waals surface area contributed by atoms with Crippen molar-refractivity contribution in [3.05, 3.63) is 0 Å². The predicted molar refractivity (Wildman–Crippen MR) is 72.5 cm³/mol. The molecule has 2 aliphatic rings. The molecule has 2 N–H and O–H groups in total. The summed E-state index contributed by atoms with van der Waals surface area (Å²) in [5.74, 6) is 1.70. The molecule has 2 unspecified atom stereocenters. The largest absolute Gasteiger partial charge is 0.393 e. The highest BCUT2D eigenvalue weighted by Crippen LogP contribution is 2.49. The first-order valence-corrected chi connectivity index (χ1v) is 6.91. The number of piperidine rings is 1. The number of nitrogens with zero attached hydrogens (tertiary/aromatic N) is 1. The maximum absolute atomic E-state index is 5.69. The van der Waals surface area contributed by atoms with Gasteiger partial charge in [-0.15, -0.1) is 0 Å². The summed E-state index contributed by atoms with van der Waals surface area (Å²) in [5.41, 5.74) is 6.15. The van der Waals surface area contributed by atoms with Gasteiger partial charge in [0.2, 0.25) is 0 Å². The Bertz CT molecular complexity index is 263. The van der Waals surface area contributed by atoms with Gasteiger partial charge < -0.3 is 10.6 Å². The number of likely N-dealkylation sites (tertiary alicyclic amines) is 1. The van der Waals surface area contributed by atoms with Gasteiger partial charge >= 0.3 is 0 Å².